The summed E-state index contributed by atoms with van der Waals surface area (Å²) in [6.07, 6.45) is 12.5. The lowest BCUT2D eigenvalue weighted by atomic mass is 10.0. The molecule has 0 radical (unpaired) electrons. The van der Waals surface area contributed by atoms with Crippen LogP contribution in [0.5, 0.6) is 0 Å². The Kier molecular flexibility index (Phi) is 16.9. The van der Waals surface area contributed by atoms with Crippen LogP contribution in [0.1, 0.15) is 105 Å². The molecule has 0 bridgehead atoms. The van der Waals surface area contributed by atoms with E-state index in [-0.39, 0.29) is 0 Å². The molecular formula is C26H50NO6+. The van der Waals surface area contributed by atoms with Gasteiger partial charge in [-0.05, 0) is 12.8 Å². The molecule has 194 valence electrons. The van der Waals surface area contributed by atoms with Crippen molar-refractivity contribution in [3.63, 3.8) is 0 Å². The number of unbranched alkanes of at least 4 members (excludes halogenated alkanes) is 8. The Morgan fingerprint density at radius 2 is 0.848 bits per heavy atom. The second kappa shape index (κ2) is 17.8. The number of hydrogen-bond donors (Lipinski definition) is 3. The smallest absolute Gasteiger partial charge is 0.306 e. The average Bonchev–Trinajstić information content (AvgIpc) is 2.77. The van der Waals surface area contributed by atoms with E-state index in [1.165, 1.54) is 44.9 Å². The number of hydrogen-bond acceptors (Lipinski definition) is 3. The number of aliphatic carboxylic acids is 3. The highest BCUT2D eigenvalue weighted by atomic mass is 16.4. The minimum Gasteiger partial charge on any atom is -0.481 e. The van der Waals surface area contributed by atoms with Gasteiger partial charge < -0.3 is 19.8 Å². The molecule has 0 aliphatic rings. The molecule has 0 heterocycles. The van der Waals surface area contributed by atoms with Crippen LogP contribution < -0.4 is 0 Å². The fourth-order valence-electron chi connectivity index (χ4n) is 4.20. The number of quaternary nitrogens is 1. The zero-order valence-electron chi connectivity index (χ0n) is 21.6. The third-order valence-corrected chi connectivity index (χ3v) is 7.11. The van der Waals surface area contributed by atoms with Gasteiger partial charge in [-0.15, -0.1) is 0 Å². The van der Waals surface area contributed by atoms with Gasteiger partial charge in [0.25, 0.3) is 0 Å². The molecule has 0 spiro atoms. The third kappa shape index (κ3) is 15.0. The minimum atomic E-state index is -0.825. The molecule has 0 amide bonds. The fraction of sp³-hybridized carbons (Fsp3) is 0.885. The molecule has 0 saturated heterocycles. The Labute approximate surface area is 201 Å². The highest BCUT2D eigenvalue weighted by Crippen LogP contribution is 2.22. The van der Waals surface area contributed by atoms with Gasteiger partial charge in [-0.2, -0.15) is 0 Å². The highest BCUT2D eigenvalue weighted by Gasteiger charge is 2.31. The van der Waals surface area contributed by atoms with Crippen LogP contribution in [0.3, 0.4) is 0 Å². The van der Waals surface area contributed by atoms with Gasteiger partial charge in [0.2, 0.25) is 0 Å². The van der Waals surface area contributed by atoms with E-state index in [1.54, 1.807) is 20.8 Å². The van der Waals surface area contributed by atoms with Crippen molar-refractivity contribution in [1.29, 1.82) is 0 Å². The Bertz CT molecular complexity index is 505. The molecule has 0 aliphatic heterocycles. The molecule has 0 fully saturated rings. The van der Waals surface area contributed by atoms with Crippen molar-refractivity contribution in [2.75, 3.05) is 26.2 Å². The molecule has 0 aromatic rings. The van der Waals surface area contributed by atoms with Gasteiger partial charge in [0.1, 0.15) is 0 Å². The first-order valence-corrected chi connectivity index (χ1v) is 13.1. The van der Waals surface area contributed by atoms with Gasteiger partial charge in [-0.25, -0.2) is 0 Å². The molecule has 0 aliphatic carbocycles. The highest BCUT2D eigenvalue weighted by molar-refractivity contribution is 5.70. The van der Waals surface area contributed by atoms with Crippen molar-refractivity contribution < 1.29 is 34.2 Å². The summed E-state index contributed by atoms with van der Waals surface area (Å²) in [7, 11) is 0. The van der Waals surface area contributed by atoms with Gasteiger partial charge >= 0.3 is 17.9 Å². The van der Waals surface area contributed by atoms with Crippen LogP contribution in [0.2, 0.25) is 0 Å². The van der Waals surface area contributed by atoms with Gasteiger partial charge in [0.05, 0.1) is 43.9 Å². The lowest BCUT2D eigenvalue weighted by molar-refractivity contribution is -0.929. The first-order chi connectivity index (χ1) is 15.5. The summed E-state index contributed by atoms with van der Waals surface area (Å²) in [6.45, 7) is 10.1. The van der Waals surface area contributed by atoms with Crippen LogP contribution in [-0.4, -0.2) is 63.9 Å². The molecule has 33 heavy (non-hydrogen) atoms. The normalized spacial score (nSPS) is 16.0. The molecule has 0 rings (SSSR count). The van der Waals surface area contributed by atoms with E-state index in [0.29, 0.717) is 43.4 Å². The Morgan fingerprint density at radius 3 is 1.15 bits per heavy atom. The maximum atomic E-state index is 11.4. The van der Waals surface area contributed by atoms with Gasteiger partial charge in [0, 0.05) is 19.3 Å². The van der Waals surface area contributed by atoms with Crippen LogP contribution in [0, 0.1) is 17.8 Å². The average molecular weight is 473 g/mol. The first kappa shape index (κ1) is 31.4. The molecule has 7 heteroatoms. The Morgan fingerprint density at radius 1 is 0.545 bits per heavy atom. The fourth-order valence-corrected chi connectivity index (χ4v) is 4.20. The lowest BCUT2D eigenvalue weighted by Crippen LogP contribution is -2.52. The molecule has 0 aromatic carbocycles. The van der Waals surface area contributed by atoms with Crippen molar-refractivity contribution >= 4 is 17.9 Å². The van der Waals surface area contributed by atoms with E-state index < -0.39 is 35.7 Å². The Hall–Kier alpha value is -1.63. The summed E-state index contributed by atoms with van der Waals surface area (Å²) in [5.74, 6) is -3.89. The van der Waals surface area contributed by atoms with Crippen LogP contribution in [0.4, 0.5) is 0 Å². The summed E-state index contributed by atoms with van der Waals surface area (Å²) >= 11 is 0. The lowest BCUT2D eigenvalue weighted by Gasteiger charge is -2.40. The van der Waals surface area contributed by atoms with Gasteiger partial charge in [-0.3, -0.25) is 14.4 Å². The quantitative estimate of drug-likeness (QED) is 0.138. The summed E-state index contributed by atoms with van der Waals surface area (Å²) in [6, 6.07) is 0. The van der Waals surface area contributed by atoms with E-state index in [2.05, 4.69) is 6.92 Å². The number of carboxylic acids is 3. The summed E-state index contributed by atoms with van der Waals surface area (Å²) < 4.78 is 0.614. The Balaban J connectivity index is 5.11. The van der Waals surface area contributed by atoms with Gasteiger partial charge in [-0.1, -0.05) is 72.6 Å². The van der Waals surface area contributed by atoms with Crippen LogP contribution in [0.15, 0.2) is 0 Å². The van der Waals surface area contributed by atoms with Crippen molar-refractivity contribution in [1.82, 2.24) is 0 Å². The van der Waals surface area contributed by atoms with Crippen molar-refractivity contribution in [2.24, 2.45) is 17.8 Å². The second-order valence-electron chi connectivity index (χ2n) is 10.1. The van der Waals surface area contributed by atoms with Crippen molar-refractivity contribution in [3.8, 4) is 0 Å². The number of carboxylic acid groups (broad SMARTS) is 3. The topological polar surface area (TPSA) is 112 Å². The van der Waals surface area contributed by atoms with Crippen LogP contribution in [-0.2, 0) is 14.4 Å². The van der Waals surface area contributed by atoms with E-state index in [9.17, 15) is 29.7 Å². The zero-order chi connectivity index (χ0) is 25.3. The zero-order valence-corrected chi connectivity index (χ0v) is 21.6. The minimum absolute atomic E-state index is 0.473. The number of rotatable bonds is 22. The van der Waals surface area contributed by atoms with Crippen LogP contribution in [0.25, 0.3) is 0 Å². The molecular weight excluding hydrogens is 422 g/mol. The van der Waals surface area contributed by atoms with Crippen molar-refractivity contribution in [3.05, 3.63) is 0 Å². The van der Waals surface area contributed by atoms with Gasteiger partial charge in [0.15, 0.2) is 0 Å². The summed E-state index contributed by atoms with van der Waals surface area (Å²) in [4.78, 5) is 34.2. The standard InChI is InChI=1S/C26H49NO6/c1-5-6-7-8-9-10-11-12-13-17-27(18-14-21(2)24(28)29,19-15-22(3)25(30)31)20-16-23(4)26(32)33/h21-23H,5-20H2,1-4H3,(H2-,28,29,30,31,32,33)/p+1. The van der Waals surface area contributed by atoms with Crippen molar-refractivity contribution in [2.45, 2.75) is 105 Å². The SMILES string of the molecule is CCCCCCCCCCC[N+](CCC(C)C(=O)O)(CCC(C)C(=O)O)CCC(C)C(=O)O. The second-order valence-corrected chi connectivity index (χ2v) is 10.1. The predicted octanol–water partition coefficient (Wildman–Crippen LogP) is 5.67. The van der Waals surface area contributed by atoms with E-state index in [4.69, 9.17) is 0 Å². The molecule has 7 nitrogen and oxygen atoms in total. The van der Waals surface area contributed by atoms with E-state index >= 15 is 0 Å². The molecule has 0 aromatic heterocycles. The molecule has 3 atom stereocenters. The molecule has 0 saturated carbocycles. The first-order valence-electron chi connectivity index (χ1n) is 13.1. The number of nitrogens with zero attached hydrogens (tertiary/aromatic N) is 1. The monoisotopic (exact) mass is 472 g/mol. The largest absolute Gasteiger partial charge is 0.481 e. The summed E-state index contributed by atoms with van der Waals surface area (Å²) in [5.41, 5.74) is 0. The van der Waals surface area contributed by atoms with E-state index in [1.807, 2.05) is 0 Å². The molecule has 3 unspecified atom stereocenters. The number of carbonyl (C=O) groups is 3. The summed E-state index contributed by atoms with van der Waals surface area (Å²) in [5, 5.41) is 28.0. The third-order valence-electron chi connectivity index (χ3n) is 7.11. The predicted molar refractivity (Wildman–Crippen MR) is 131 cm³/mol. The van der Waals surface area contributed by atoms with Crippen LogP contribution >= 0.6 is 0 Å². The maximum Gasteiger partial charge on any atom is 0.306 e. The molecule has 3 N–H and O–H groups in total. The maximum absolute atomic E-state index is 11.4. The van der Waals surface area contributed by atoms with E-state index in [0.717, 1.165) is 19.4 Å².